The standard InChI is InChI=1S/C24H23ClN6O5.C24H23ClN6O4.C12H11ClN4O.C11H14N2O2.C7H4ClNO.C5H7N3/c1-15-12-18(6-7-21(15)31-10-11-36-14-22(31)32)27-24(34)28-19-8-9-30(35)13-20(19)29-23(33)26-17-4-2-16(25)3-5-17;1-15-12-18(6-7-21(15)31-10-11-35-14-22(31)32)28-24(34)29-19-8-9-26-13-20(19)30-23(33)27-17-4-2-16(25)3-5-17;13-8-1-3-9(4-2-8)16-12(18)17-11-7-15-6-5-10(11)14;1-8-6-9(12)2-3-10(8)13-4-5-15-7-11(13)14;8-6-1-3-7(4-2-6)9-5-10;6-4-1-2-8-3-5(4)7/h2-9,12-13,35H,10-11,14H2,1H3,(H,27,34)(H2,26,29,33);2-9,12-13H,10-11,14H2,1H3,(H2,27,30,33)(H2,26,28,29,34);1-7H,(H2,14,15)(H2,16,17,18);2-3,6H,4-5,7,12H2,1H3;1-4H;1-3H,7H2,(H2,6,8). The van der Waals surface area contributed by atoms with E-state index in [1.807, 2.05) is 39.0 Å². The molecule has 0 aliphatic carbocycles. The molecule has 0 unspecified atom stereocenters. The third-order valence-electron chi connectivity index (χ3n) is 17.0. The van der Waals surface area contributed by atoms with Gasteiger partial charge in [0.15, 0.2) is 0 Å². The Bertz CT molecular complexity index is 5620. The van der Waals surface area contributed by atoms with Crippen LogP contribution in [-0.4, -0.2) is 138 Å². The fourth-order valence-electron chi connectivity index (χ4n) is 11.1. The monoisotopic (exact) mass is 1730 g/mol. The van der Waals surface area contributed by atoms with E-state index in [0.717, 1.165) is 44.2 Å². The third kappa shape index (κ3) is 29.1. The van der Waals surface area contributed by atoms with Crippen molar-refractivity contribution in [1.82, 2.24) is 19.7 Å². The van der Waals surface area contributed by atoms with Gasteiger partial charge in [-0.15, -0.1) is 0 Å². The lowest BCUT2D eigenvalue weighted by molar-refractivity contribution is -0.126. The molecule has 0 spiro atoms. The number of carbonyl (C=O) groups is 8. The SMILES string of the molecule is Cc1cc(N)ccc1N1CCOCC1=O.Cc1cc(NC(=O)N=c2ccn(O)cc2NC(=O)Nc2ccc(Cl)cc2)ccc1N1CCOCC1=O.Cc1cc(NC(=O)Nc2ccncc2NC(=O)Nc2ccc(Cl)cc2)ccc1N1CCOCC1=O.Nc1ccncc1N.Nc1ccncc1NC(=O)Nc1ccc(Cl)cc1.O=C=Nc1ccc(Cl)cc1. The van der Waals surface area contributed by atoms with Gasteiger partial charge >= 0.3 is 30.2 Å². The Kier molecular flexibility index (Phi) is 34.3. The van der Waals surface area contributed by atoms with E-state index in [1.54, 1.807) is 179 Å². The first-order valence-corrected chi connectivity index (χ1v) is 38.1. The number of aliphatic imine (C=N–C) groups is 1. The Morgan fingerprint density at radius 1 is 0.418 bits per heavy atom. The Morgan fingerprint density at radius 2 is 0.795 bits per heavy atom. The van der Waals surface area contributed by atoms with E-state index in [-0.39, 0.29) is 48.6 Å². The van der Waals surface area contributed by atoms with Gasteiger partial charge in [-0.3, -0.25) is 29.3 Å². The second-order valence-corrected chi connectivity index (χ2v) is 27.7. The minimum absolute atomic E-state index is 0.00845. The van der Waals surface area contributed by atoms with E-state index in [2.05, 4.69) is 72.8 Å². The molecule has 13 amide bonds. The van der Waals surface area contributed by atoms with Gasteiger partial charge in [0, 0.05) is 116 Å². The number of morpholine rings is 3. The maximum absolute atomic E-state index is 12.6. The van der Waals surface area contributed by atoms with Crippen LogP contribution in [0.2, 0.25) is 20.1 Å². The fraction of sp³-hybridized carbons (Fsp3) is 0.145. The largest absolute Gasteiger partial charge is 0.429 e. The Morgan fingerprint density at radius 3 is 1.21 bits per heavy atom. The van der Waals surface area contributed by atoms with E-state index in [0.29, 0.717) is 128 Å². The highest BCUT2D eigenvalue weighted by molar-refractivity contribution is 6.31. The number of ether oxygens (including phenoxy) is 3. The van der Waals surface area contributed by atoms with Crippen molar-refractivity contribution in [2.45, 2.75) is 20.8 Å². The van der Waals surface area contributed by atoms with Gasteiger partial charge in [-0.2, -0.15) is 14.7 Å². The molecule has 122 heavy (non-hydrogen) atoms. The summed E-state index contributed by atoms with van der Waals surface area (Å²) in [5.74, 6) is -0.216. The van der Waals surface area contributed by atoms with Gasteiger partial charge in [-0.05, 0) is 213 Å². The van der Waals surface area contributed by atoms with Crippen molar-refractivity contribution in [3.63, 3.8) is 0 Å². The summed E-state index contributed by atoms with van der Waals surface area (Å²) in [4.78, 5) is 131. The van der Waals surface area contributed by atoms with E-state index in [1.165, 1.54) is 49.3 Å². The molecule has 7 aromatic carbocycles. The number of anilines is 16. The lowest BCUT2D eigenvalue weighted by Crippen LogP contribution is -2.42. The van der Waals surface area contributed by atoms with Gasteiger partial charge in [0.1, 0.15) is 19.8 Å². The number of aromatic nitrogens is 4. The van der Waals surface area contributed by atoms with Gasteiger partial charge < -0.3 is 105 Å². The quantitative estimate of drug-likeness (QED) is 0.0221. The molecule has 3 aliphatic heterocycles. The van der Waals surface area contributed by atoms with Gasteiger partial charge in [0.05, 0.1) is 95.5 Å². The molecular formula is C83H82Cl4N22O13. The molecule has 0 radical (unpaired) electrons. The number of rotatable bonds is 13. The number of nitrogens with zero attached hydrogens (tertiary/aromatic N) is 9. The first-order chi connectivity index (χ1) is 58.6. The Hall–Kier alpha value is -14.7. The van der Waals surface area contributed by atoms with Crippen molar-refractivity contribution in [2.24, 2.45) is 9.98 Å². The highest BCUT2D eigenvalue weighted by Crippen LogP contribution is 2.30. The zero-order chi connectivity index (χ0) is 87.6. The summed E-state index contributed by atoms with van der Waals surface area (Å²) in [6.07, 6.45) is 13.0. The summed E-state index contributed by atoms with van der Waals surface area (Å²) in [5, 5.41) is 36.1. The lowest BCUT2D eigenvalue weighted by Gasteiger charge is -2.28. The molecule has 630 valence electrons. The predicted octanol–water partition coefficient (Wildman–Crippen LogP) is 15.0. The number of aryl methyl sites for hydroxylation is 3. The van der Waals surface area contributed by atoms with Crippen LogP contribution in [0.1, 0.15) is 16.7 Å². The van der Waals surface area contributed by atoms with Crippen molar-refractivity contribution >= 4 is 197 Å². The second kappa shape index (κ2) is 45.9. The molecule has 14 rings (SSSR count). The topological polar surface area (TPSA) is 492 Å². The van der Waals surface area contributed by atoms with Crippen LogP contribution in [0.25, 0.3) is 0 Å². The second-order valence-electron chi connectivity index (χ2n) is 25.9. The lowest BCUT2D eigenvalue weighted by atomic mass is 10.1. The van der Waals surface area contributed by atoms with Crippen LogP contribution in [0.3, 0.4) is 0 Å². The Labute approximate surface area is 718 Å². The summed E-state index contributed by atoms with van der Waals surface area (Å²) in [5.41, 5.74) is 33.9. The molecule has 39 heteroatoms. The van der Waals surface area contributed by atoms with Crippen LogP contribution in [0.4, 0.5) is 121 Å². The van der Waals surface area contributed by atoms with Crippen molar-refractivity contribution in [1.29, 1.82) is 0 Å². The van der Waals surface area contributed by atoms with Crippen molar-refractivity contribution in [3.8, 4) is 0 Å². The van der Waals surface area contributed by atoms with Crippen LogP contribution < -0.4 is 90.8 Å². The van der Waals surface area contributed by atoms with Gasteiger partial charge in [0.25, 0.3) is 17.7 Å². The summed E-state index contributed by atoms with van der Waals surface area (Å²) < 4.78 is 16.2. The zero-order valence-electron chi connectivity index (χ0n) is 65.4. The number of amides is 13. The van der Waals surface area contributed by atoms with E-state index in [4.69, 9.17) is 83.5 Å². The summed E-state index contributed by atoms with van der Waals surface area (Å²) >= 11 is 23.0. The molecule has 0 saturated carbocycles. The molecule has 3 fully saturated rings. The van der Waals surface area contributed by atoms with Crippen molar-refractivity contribution in [3.05, 3.63) is 268 Å². The number of benzene rings is 7. The number of carbonyl (C=O) groups excluding carboxylic acids is 9. The smallest absolute Gasteiger partial charge is 0.345 e. The number of nitrogens with two attached hydrogens (primary N) is 4. The maximum Gasteiger partial charge on any atom is 0.345 e. The molecule has 35 nitrogen and oxygen atoms in total. The summed E-state index contributed by atoms with van der Waals surface area (Å²) in [6, 6.07) is 46.1. The average Bonchev–Trinajstić information content (AvgIpc) is 0.818. The van der Waals surface area contributed by atoms with Crippen LogP contribution >= 0.6 is 46.4 Å². The number of urea groups is 5. The highest BCUT2D eigenvalue weighted by atomic mass is 35.5. The average molecular weight is 1740 g/mol. The first kappa shape index (κ1) is 91.2. The number of hydrogen-bond donors (Lipinski definition) is 14. The molecule has 7 heterocycles. The van der Waals surface area contributed by atoms with Crippen LogP contribution in [-0.2, 0) is 33.4 Å². The van der Waals surface area contributed by atoms with Gasteiger partial charge in [-0.25, -0.2) is 28.8 Å². The fourth-order valence-corrected chi connectivity index (χ4v) is 11.6. The molecule has 4 aromatic heterocycles. The summed E-state index contributed by atoms with van der Waals surface area (Å²) in [7, 11) is 0. The number of halogens is 4. The van der Waals surface area contributed by atoms with Gasteiger partial charge in [-0.1, -0.05) is 46.4 Å². The first-order valence-electron chi connectivity index (χ1n) is 36.6. The number of nitrogen functional groups attached to an aromatic ring is 4. The van der Waals surface area contributed by atoms with E-state index >= 15 is 0 Å². The molecule has 18 N–H and O–H groups in total. The van der Waals surface area contributed by atoms with Crippen LogP contribution in [0, 0.1) is 20.8 Å². The molecule has 3 aliphatic rings. The van der Waals surface area contributed by atoms with Crippen LogP contribution in [0.15, 0.2) is 235 Å². The molecule has 0 bridgehead atoms. The molecular weight excluding hydrogens is 1650 g/mol. The predicted molar refractivity (Wildman–Crippen MR) is 474 cm³/mol. The number of pyridine rings is 4. The highest BCUT2D eigenvalue weighted by Gasteiger charge is 2.25. The zero-order valence-corrected chi connectivity index (χ0v) is 68.4. The molecule has 0 atom stereocenters. The van der Waals surface area contributed by atoms with Gasteiger partial charge in [0.2, 0.25) is 6.08 Å². The van der Waals surface area contributed by atoms with Crippen LogP contribution in [0.5, 0.6) is 0 Å². The Balaban J connectivity index is 0.000000180. The minimum Gasteiger partial charge on any atom is -0.429 e. The number of nitrogens with one attached hydrogen (secondary N) is 9. The molecule has 11 aromatic rings. The van der Waals surface area contributed by atoms with E-state index in [9.17, 15) is 48.4 Å². The van der Waals surface area contributed by atoms with E-state index < -0.39 is 30.2 Å². The summed E-state index contributed by atoms with van der Waals surface area (Å²) in [6.45, 7) is 9.01. The molecule has 3 saturated heterocycles. The normalized spacial score (nSPS) is 12.7. The minimum atomic E-state index is -0.693. The maximum atomic E-state index is 12.6. The number of hydrogen-bond acceptors (Lipinski definition) is 21. The third-order valence-corrected chi connectivity index (χ3v) is 18.0. The van der Waals surface area contributed by atoms with Crippen molar-refractivity contribution < 1.29 is 62.6 Å². The van der Waals surface area contributed by atoms with Crippen molar-refractivity contribution in [2.75, 3.05) is 145 Å². The number of isocyanates is 1.